The van der Waals surface area contributed by atoms with Crippen molar-refractivity contribution < 1.29 is 17.9 Å². The van der Waals surface area contributed by atoms with E-state index in [1.807, 2.05) is 30.3 Å². The number of amides is 1. The zero-order valence-corrected chi connectivity index (χ0v) is 16.0. The van der Waals surface area contributed by atoms with Crippen molar-refractivity contribution >= 4 is 15.9 Å². The number of rotatable bonds is 10. The van der Waals surface area contributed by atoms with Gasteiger partial charge in [0.05, 0.1) is 17.5 Å². The second kappa shape index (κ2) is 10.2. The topological polar surface area (TPSA) is 111 Å². The van der Waals surface area contributed by atoms with Crippen LogP contribution in [-0.4, -0.2) is 40.6 Å². The third-order valence-electron chi connectivity index (χ3n) is 3.91. The van der Waals surface area contributed by atoms with Crippen LogP contribution in [0.25, 0.3) is 0 Å². The van der Waals surface area contributed by atoms with Gasteiger partial charge in [-0.1, -0.05) is 42.5 Å². The first-order chi connectivity index (χ1) is 12.9. The summed E-state index contributed by atoms with van der Waals surface area (Å²) in [7, 11) is -2.12. The van der Waals surface area contributed by atoms with Gasteiger partial charge in [0.15, 0.2) is 0 Å². The zero-order chi connectivity index (χ0) is 19.7. The van der Waals surface area contributed by atoms with Crippen molar-refractivity contribution in [2.24, 2.45) is 5.73 Å². The van der Waals surface area contributed by atoms with Gasteiger partial charge in [-0.3, -0.25) is 4.79 Å². The molecule has 4 N–H and O–H groups in total. The molecular weight excluding hydrogens is 366 g/mol. The van der Waals surface area contributed by atoms with Crippen LogP contribution in [0.1, 0.15) is 11.1 Å². The van der Waals surface area contributed by atoms with Crippen LogP contribution in [0, 0.1) is 0 Å². The average molecular weight is 391 g/mol. The molecule has 1 atom stereocenters. The van der Waals surface area contributed by atoms with Crippen molar-refractivity contribution in [2.45, 2.75) is 23.9 Å². The molecule has 1 amide bonds. The Morgan fingerprint density at radius 2 is 1.81 bits per heavy atom. The van der Waals surface area contributed by atoms with Crippen molar-refractivity contribution in [3.63, 3.8) is 0 Å². The largest absolute Gasteiger partial charge is 0.383 e. The minimum atomic E-state index is -3.62. The number of methoxy groups -OCH3 is 1. The third kappa shape index (κ3) is 6.76. The van der Waals surface area contributed by atoms with Gasteiger partial charge in [-0.15, -0.1) is 0 Å². The molecule has 0 spiro atoms. The summed E-state index contributed by atoms with van der Waals surface area (Å²) in [5.74, 6) is -0.287. The molecule has 0 aliphatic rings. The Bertz CT molecular complexity index is 841. The Balaban J connectivity index is 1.93. The third-order valence-corrected chi connectivity index (χ3v) is 5.37. The molecule has 0 aromatic heterocycles. The highest BCUT2D eigenvalue weighted by Crippen LogP contribution is 2.11. The van der Waals surface area contributed by atoms with Crippen LogP contribution < -0.4 is 15.8 Å². The number of benzene rings is 2. The first-order valence-electron chi connectivity index (χ1n) is 8.57. The van der Waals surface area contributed by atoms with E-state index in [4.69, 9.17) is 10.5 Å². The van der Waals surface area contributed by atoms with E-state index in [2.05, 4.69) is 10.0 Å². The molecule has 0 radical (unpaired) electrons. The molecule has 2 rings (SSSR count). The molecule has 0 aliphatic carbocycles. The van der Waals surface area contributed by atoms with Gasteiger partial charge in [0.25, 0.3) is 0 Å². The lowest BCUT2D eigenvalue weighted by Gasteiger charge is -2.13. The van der Waals surface area contributed by atoms with Crippen LogP contribution in [0.2, 0.25) is 0 Å². The molecule has 0 heterocycles. The normalized spacial score (nSPS) is 12.5. The fourth-order valence-corrected chi connectivity index (χ4v) is 3.55. The highest BCUT2D eigenvalue weighted by atomic mass is 32.2. The first kappa shape index (κ1) is 21.0. The van der Waals surface area contributed by atoms with E-state index < -0.39 is 16.1 Å². The minimum absolute atomic E-state index is 0.138. The van der Waals surface area contributed by atoms with Crippen molar-refractivity contribution in [2.75, 3.05) is 20.3 Å². The van der Waals surface area contributed by atoms with Gasteiger partial charge in [-0.25, -0.2) is 13.1 Å². The van der Waals surface area contributed by atoms with E-state index in [0.29, 0.717) is 12.0 Å². The second-order valence-electron chi connectivity index (χ2n) is 6.05. The Kier molecular flexibility index (Phi) is 7.93. The van der Waals surface area contributed by atoms with E-state index in [0.717, 1.165) is 5.56 Å². The van der Waals surface area contributed by atoms with E-state index in [9.17, 15) is 13.2 Å². The Labute approximate surface area is 160 Å². The van der Waals surface area contributed by atoms with Gasteiger partial charge in [-0.2, -0.15) is 0 Å². The Morgan fingerprint density at radius 1 is 1.11 bits per heavy atom. The van der Waals surface area contributed by atoms with Gasteiger partial charge in [0, 0.05) is 20.2 Å². The maximum Gasteiger partial charge on any atom is 0.240 e. The summed E-state index contributed by atoms with van der Waals surface area (Å²) >= 11 is 0. The number of nitrogens with one attached hydrogen (secondary N) is 2. The Hall–Kier alpha value is -2.26. The molecule has 2 aromatic rings. The SMILES string of the molecule is COCCNS(=O)(=O)c1cccc(CNC(=O)[C@@H](N)Cc2ccccc2)c1. The minimum Gasteiger partial charge on any atom is -0.383 e. The second-order valence-corrected chi connectivity index (χ2v) is 7.82. The van der Waals surface area contributed by atoms with E-state index in [1.54, 1.807) is 12.1 Å². The first-order valence-corrected chi connectivity index (χ1v) is 10.1. The molecule has 0 saturated heterocycles. The summed E-state index contributed by atoms with van der Waals surface area (Å²) in [5, 5.41) is 2.75. The maximum absolute atomic E-state index is 12.2. The quantitative estimate of drug-likeness (QED) is 0.519. The number of carbonyl (C=O) groups excluding carboxylic acids is 1. The lowest BCUT2D eigenvalue weighted by Crippen LogP contribution is -2.41. The van der Waals surface area contributed by atoms with Gasteiger partial charge in [-0.05, 0) is 29.7 Å². The van der Waals surface area contributed by atoms with Crippen molar-refractivity contribution in [3.8, 4) is 0 Å². The monoisotopic (exact) mass is 391 g/mol. The van der Waals surface area contributed by atoms with Crippen LogP contribution in [0.4, 0.5) is 0 Å². The number of nitrogens with two attached hydrogens (primary N) is 1. The summed E-state index contributed by atoms with van der Waals surface area (Å²) in [6.07, 6.45) is 0.435. The molecule has 7 nitrogen and oxygen atoms in total. The predicted octanol–water partition coefficient (Wildman–Crippen LogP) is 0.798. The molecule has 0 fully saturated rings. The zero-order valence-electron chi connectivity index (χ0n) is 15.2. The van der Waals surface area contributed by atoms with E-state index in [-0.39, 0.29) is 30.5 Å². The highest BCUT2D eigenvalue weighted by Gasteiger charge is 2.16. The number of ether oxygens (including phenoxy) is 1. The van der Waals surface area contributed by atoms with Gasteiger partial charge in [0.2, 0.25) is 15.9 Å². The molecule has 146 valence electrons. The lowest BCUT2D eigenvalue weighted by atomic mass is 10.1. The predicted molar refractivity (Wildman–Crippen MR) is 103 cm³/mol. The van der Waals surface area contributed by atoms with Crippen LogP contribution in [-0.2, 0) is 32.5 Å². The van der Waals surface area contributed by atoms with E-state index in [1.165, 1.54) is 19.2 Å². The van der Waals surface area contributed by atoms with Crippen LogP contribution in [0.15, 0.2) is 59.5 Å². The molecule has 27 heavy (non-hydrogen) atoms. The summed E-state index contributed by atoms with van der Waals surface area (Å²) in [6.45, 7) is 0.672. The molecular formula is C19H25N3O4S. The van der Waals surface area contributed by atoms with Gasteiger partial charge in [0.1, 0.15) is 0 Å². The number of sulfonamides is 1. The van der Waals surface area contributed by atoms with E-state index >= 15 is 0 Å². The summed E-state index contributed by atoms with van der Waals surface area (Å²) in [5.41, 5.74) is 7.60. The highest BCUT2D eigenvalue weighted by molar-refractivity contribution is 7.89. The molecule has 0 bridgehead atoms. The van der Waals surface area contributed by atoms with Gasteiger partial charge < -0.3 is 15.8 Å². The summed E-state index contributed by atoms with van der Waals surface area (Å²) in [6, 6.07) is 15.3. The average Bonchev–Trinajstić information content (AvgIpc) is 2.67. The standard InChI is InChI=1S/C19H25N3O4S/c1-26-11-10-22-27(24,25)17-9-5-8-16(12-17)14-21-19(23)18(20)13-15-6-3-2-4-7-15/h2-9,12,18,22H,10-11,13-14,20H2,1H3,(H,21,23)/t18-/m0/s1. The fraction of sp³-hybridized carbons (Fsp3) is 0.316. The maximum atomic E-state index is 12.2. The van der Waals surface area contributed by atoms with Crippen LogP contribution in [0.3, 0.4) is 0 Å². The summed E-state index contributed by atoms with van der Waals surface area (Å²) in [4.78, 5) is 12.3. The van der Waals surface area contributed by atoms with Crippen LogP contribution in [0.5, 0.6) is 0 Å². The van der Waals surface area contributed by atoms with Crippen molar-refractivity contribution in [1.82, 2.24) is 10.0 Å². The fourth-order valence-electron chi connectivity index (χ4n) is 2.47. The number of hydrogen-bond acceptors (Lipinski definition) is 5. The van der Waals surface area contributed by atoms with Crippen molar-refractivity contribution in [3.05, 3.63) is 65.7 Å². The van der Waals surface area contributed by atoms with Crippen LogP contribution >= 0.6 is 0 Å². The molecule has 0 aliphatic heterocycles. The van der Waals surface area contributed by atoms with Gasteiger partial charge >= 0.3 is 0 Å². The molecule has 2 aromatic carbocycles. The number of carbonyl (C=O) groups is 1. The molecule has 0 saturated carbocycles. The Morgan fingerprint density at radius 3 is 2.52 bits per heavy atom. The summed E-state index contributed by atoms with van der Waals surface area (Å²) < 4.78 is 31.8. The van der Waals surface area contributed by atoms with Crippen molar-refractivity contribution in [1.29, 1.82) is 0 Å². The molecule has 8 heteroatoms. The smallest absolute Gasteiger partial charge is 0.240 e. The number of hydrogen-bond donors (Lipinski definition) is 3. The lowest BCUT2D eigenvalue weighted by molar-refractivity contribution is -0.122. The molecule has 0 unspecified atom stereocenters.